The lowest BCUT2D eigenvalue weighted by Gasteiger charge is -2.16. The molecule has 1 rings (SSSR count). The first-order valence-electron chi connectivity index (χ1n) is 5.68. The van der Waals surface area contributed by atoms with Gasteiger partial charge in [0, 0.05) is 0 Å². The minimum atomic E-state index is -0.614. The van der Waals surface area contributed by atoms with Gasteiger partial charge in [-0.1, -0.05) is 36.4 Å². The Hall–Kier alpha value is -0.530. The Morgan fingerprint density at radius 1 is 1.65 bits per heavy atom. The van der Waals surface area contributed by atoms with E-state index in [1.54, 1.807) is 0 Å². The van der Waals surface area contributed by atoms with E-state index in [2.05, 4.69) is 22.6 Å². The van der Waals surface area contributed by atoms with Gasteiger partial charge in [-0.05, 0) is 18.8 Å². The van der Waals surface area contributed by atoms with E-state index in [4.69, 9.17) is 14.2 Å². The first kappa shape index (κ1) is 14.5. The SMILES string of the molecule is CCC(I)C(=O)OCCC(C)C1COC(=O)O1. The Morgan fingerprint density at radius 2 is 2.35 bits per heavy atom. The molecule has 5 nitrogen and oxygen atoms in total. The standard InChI is InChI=1S/C11H17IO5/c1-3-8(12)10(13)15-5-4-7(2)9-6-16-11(14)17-9/h7-9H,3-6H2,1-2H3. The van der Waals surface area contributed by atoms with E-state index in [-0.39, 0.29) is 28.5 Å². The van der Waals surface area contributed by atoms with Crippen molar-refractivity contribution in [2.75, 3.05) is 13.2 Å². The molecule has 17 heavy (non-hydrogen) atoms. The van der Waals surface area contributed by atoms with Gasteiger partial charge in [0.1, 0.15) is 16.6 Å². The second-order valence-corrected chi connectivity index (χ2v) is 5.53. The summed E-state index contributed by atoms with van der Waals surface area (Å²) >= 11 is 2.07. The zero-order chi connectivity index (χ0) is 12.8. The molecule has 0 bridgehead atoms. The molecule has 98 valence electrons. The van der Waals surface area contributed by atoms with Crippen LogP contribution in [-0.4, -0.2) is 35.4 Å². The van der Waals surface area contributed by atoms with Crippen LogP contribution >= 0.6 is 22.6 Å². The fraction of sp³-hybridized carbons (Fsp3) is 0.818. The van der Waals surface area contributed by atoms with Crippen LogP contribution in [0.5, 0.6) is 0 Å². The molecule has 0 saturated carbocycles. The summed E-state index contributed by atoms with van der Waals surface area (Å²) in [5.41, 5.74) is 0. The molecule has 0 spiro atoms. The molecule has 0 aromatic heterocycles. The second-order valence-electron chi connectivity index (χ2n) is 4.03. The van der Waals surface area contributed by atoms with Crippen LogP contribution in [0.2, 0.25) is 0 Å². The highest BCUT2D eigenvalue weighted by Gasteiger charge is 2.30. The summed E-state index contributed by atoms with van der Waals surface area (Å²) in [4.78, 5) is 22.1. The zero-order valence-corrected chi connectivity index (χ0v) is 12.1. The number of hydrogen-bond donors (Lipinski definition) is 0. The predicted octanol–water partition coefficient (Wildman–Crippen LogP) is 2.30. The Labute approximate surface area is 114 Å². The van der Waals surface area contributed by atoms with Crippen molar-refractivity contribution in [2.45, 2.75) is 36.7 Å². The van der Waals surface area contributed by atoms with Crippen LogP contribution in [0.1, 0.15) is 26.7 Å². The second kappa shape index (κ2) is 7.03. The summed E-state index contributed by atoms with van der Waals surface area (Å²) in [5.74, 6) is -0.0523. The van der Waals surface area contributed by atoms with Gasteiger partial charge in [0.2, 0.25) is 0 Å². The molecule has 0 aliphatic carbocycles. The van der Waals surface area contributed by atoms with Crippen LogP contribution < -0.4 is 0 Å². The summed E-state index contributed by atoms with van der Waals surface area (Å²) < 4.78 is 14.7. The van der Waals surface area contributed by atoms with Gasteiger partial charge < -0.3 is 14.2 Å². The van der Waals surface area contributed by atoms with E-state index < -0.39 is 6.16 Å². The molecule has 3 atom stereocenters. The number of ether oxygens (including phenoxy) is 3. The van der Waals surface area contributed by atoms with Crippen molar-refractivity contribution < 1.29 is 23.8 Å². The lowest BCUT2D eigenvalue weighted by atomic mass is 10.0. The Balaban J connectivity index is 2.18. The molecular weight excluding hydrogens is 339 g/mol. The molecule has 0 amide bonds. The third-order valence-electron chi connectivity index (χ3n) is 2.68. The lowest BCUT2D eigenvalue weighted by molar-refractivity contribution is -0.143. The van der Waals surface area contributed by atoms with Crippen molar-refractivity contribution in [3.8, 4) is 0 Å². The molecule has 0 aromatic rings. The highest BCUT2D eigenvalue weighted by molar-refractivity contribution is 14.1. The van der Waals surface area contributed by atoms with Crippen LogP contribution in [0.4, 0.5) is 4.79 Å². The highest BCUT2D eigenvalue weighted by Crippen LogP contribution is 2.18. The van der Waals surface area contributed by atoms with Gasteiger partial charge in [0.05, 0.1) is 6.61 Å². The highest BCUT2D eigenvalue weighted by atomic mass is 127. The minimum Gasteiger partial charge on any atom is -0.465 e. The molecule has 1 aliphatic heterocycles. The van der Waals surface area contributed by atoms with E-state index in [1.807, 2.05) is 13.8 Å². The van der Waals surface area contributed by atoms with E-state index in [0.29, 0.717) is 13.0 Å². The largest absolute Gasteiger partial charge is 0.508 e. The molecule has 0 aromatic carbocycles. The maximum absolute atomic E-state index is 11.4. The van der Waals surface area contributed by atoms with Crippen molar-refractivity contribution in [3.63, 3.8) is 0 Å². The number of esters is 1. The fourth-order valence-corrected chi connectivity index (χ4v) is 1.59. The Bertz CT molecular complexity index is 281. The molecule has 1 heterocycles. The molecule has 0 radical (unpaired) electrons. The minimum absolute atomic E-state index is 0.0875. The molecule has 0 N–H and O–H groups in total. The monoisotopic (exact) mass is 356 g/mol. The first-order chi connectivity index (χ1) is 8.04. The van der Waals surface area contributed by atoms with Gasteiger partial charge in [-0.3, -0.25) is 4.79 Å². The Kier molecular flexibility index (Phi) is 6.01. The first-order valence-corrected chi connectivity index (χ1v) is 6.93. The van der Waals surface area contributed by atoms with Crippen molar-refractivity contribution in [2.24, 2.45) is 5.92 Å². The number of alkyl halides is 1. The molecule has 1 saturated heterocycles. The van der Waals surface area contributed by atoms with Crippen LogP contribution in [0, 0.1) is 5.92 Å². The molecule has 1 aliphatic rings. The van der Waals surface area contributed by atoms with Gasteiger partial charge in [-0.2, -0.15) is 0 Å². The van der Waals surface area contributed by atoms with Crippen LogP contribution in [0.3, 0.4) is 0 Å². The smallest absolute Gasteiger partial charge is 0.465 e. The molecule has 1 fully saturated rings. The lowest BCUT2D eigenvalue weighted by Crippen LogP contribution is -2.23. The van der Waals surface area contributed by atoms with Crippen molar-refractivity contribution in [1.29, 1.82) is 0 Å². The van der Waals surface area contributed by atoms with Gasteiger partial charge in [0.15, 0.2) is 0 Å². The van der Waals surface area contributed by atoms with Crippen molar-refractivity contribution in [3.05, 3.63) is 0 Å². The number of cyclic esters (lactones) is 2. The average molecular weight is 356 g/mol. The van der Waals surface area contributed by atoms with Crippen molar-refractivity contribution in [1.82, 2.24) is 0 Å². The predicted molar refractivity (Wildman–Crippen MR) is 69.1 cm³/mol. The zero-order valence-electron chi connectivity index (χ0n) is 9.98. The summed E-state index contributed by atoms with van der Waals surface area (Å²) in [5, 5.41) is 0. The number of hydrogen-bond acceptors (Lipinski definition) is 5. The summed E-state index contributed by atoms with van der Waals surface area (Å²) in [6.07, 6.45) is 0.600. The van der Waals surface area contributed by atoms with Crippen molar-refractivity contribution >= 4 is 34.7 Å². The van der Waals surface area contributed by atoms with Gasteiger partial charge in [-0.15, -0.1) is 0 Å². The summed E-state index contributed by atoms with van der Waals surface area (Å²) in [7, 11) is 0. The van der Waals surface area contributed by atoms with Gasteiger partial charge in [0.25, 0.3) is 0 Å². The van der Waals surface area contributed by atoms with E-state index >= 15 is 0 Å². The van der Waals surface area contributed by atoms with E-state index in [0.717, 1.165) is 6.42 Å². The molecule has 3 unspecified atom stereocenters. The fourth-order valence-electron chi connectivity index (χ4n) is 1.41. The number of carbonyl (C=O) groups excluding carboxylic acids is 2. The van der Waals surface area contributed by atoms with Crippen LogP contribution in [0.15, 0.2) is 0 Å². The maximum atomic E-state index is 11.4. The van der Waals surface area contributed by atoms with E-state index in [9.17, 15) is 9.59 Å². The number of carbonyl (C=O) groups is 2. The molecule has 6 heteroatoms. The van der Waals surface area contributed by atoms with E-state index in [1.165, 1.54) is 0 Å². The quantitative estimate of drug-likeness (QED) is 0.415. The van der Waals surface area contributed by atoms with Crippen LogP contribution in [0.25, 0.3) is 0 Å². The maximum Gasteiger partial charge on any atom is 0.508 e. The normalized spacial score (nSPS) is 22.5. The Morgan fingerprint density at radius 3 is 2.88 bits per heavy atom. The summed E-state index contributed by atoms with van der Waals surface area (Å²) in [6, 6.07) is 0. The topological polar surface area (TPSA) is 61.8 Å². The van der Waals surface area contributed by atoms with Gasteiger partial charge in [-0.25, -0.2) is 4.79 Å². The third kappa shape index (κ3) is 4.69. The van der Waals surface area contributed by atoms with Crippen LogP contribution in [-0.2, 0) is 19.0 Å². The third-order valence-corrected chi connectivity index (χ3v) is 4.07. The number of halogens is 1. The summed E-state index contributed by atoms with van der Waals surface area (Å²) in [6.45, 7) is 4.53. The molecular formula is C11H17IO5. The number of rotatable bonds is 6. The van der Waals surface area contributed by atoms with Gasteiger partial charge >= 0.3 is 12.1 Å². The average Bonchev–Trinajstić information content (AvgIpc) is 2.74.